The Kier molecular flexibility index (Phi) is 3.18. The zero-order valence-corrected chi connectivity index (χ0v) is 11.3. The number of esters is 1. The van der Waals surface area contributed by atoms with Crippen molar-refractivity contribution in [2.45, 2.75) is 18.9 Å². The predicted molar refractivity (Wildman–Crippen MR) is 74.4 cm³/mol. The van der Waals surface area contributed by atoms with Gasteiger partial charge in [0.25, 0.3) is 5.91 Å². The van der Waals surface area contributed by atoms with E-state index in [0.717, 1.165) is 17.3 Å². The van der Waals surface area contributed by atoms with Gasteiger partial charge in [-0.2, -0.15) is 0 Å². The summed E-state index contributed by atoms with van der Waals surface area (Å²) in [5, 5.41) is 0.990. The first-order chi connectivity index (χ1) is 9.72. The molecule has 104 valence electrons. The maximum Gasteiger partial charge on any atom is 0.328 e. The molecule has 1 aliphatic rings. The molecule has 5 nitrogen and oxygen atoms in total. The van der Waals surface area contributed by atoms with Gasteiger partial charge < -0.3 is 14.6 Å². The van der Waals surface area contributed by atoms with E-state index in [1.807, 2.05) is 24.4 Å². The van der Waals surface area contributed by atoms with Gasteiger partial charge in [-0.05, 0) is 25.0 Å². The molecule has 0 radical (unpaired) electrons. The molecule has 0 spiro atoms. The van der Waals surface area contributed by atoms with E-state index in [-0.39, 0.29) is 11.9 Å². The average Bonchev–Trinajstić information content (AvgIpc) is 3.13. The summed E-state index contributed by atoms with van der Waals surface area (Å²) in [6.07, 6.45) is 3.30. The number of carbonyl (C=O) groups excluding carboxylic acids is 2. The Labute approximate surface area is 116 Å². The molecule has 1 atom stereocenters. The summed E-state index contributed by atoms with van der Waals surface area (Å²) >= 11 is 0. The minimum atomic E-state index is -0.460. The van der Waals surface area contributed by atoms with Crippen molar-refractivity contribution in [2.75, 3.05) is 13.7 Å². The number of nitrogens with one attached hydrogen (secondary N) is 1. The van der Waals surface area contributed by atoms with Crippen molar-refractivity contribution in [2.24, 2.45) is 0 Å². The molecule has 3 rings (SSSR count). The van der Waals surface area contributed by atoms with E-state index in [1.54, 1.807) is 11.0 Å². The van der Waals surface area contributed by atoms with Crippen LogP contribution in [0.25, 0.3) is 10.9 Å². The number of nitrogens with zero attached hydrogens (tertiary/aromatic N) is 1. The van der Waals surface area contributed by atoms with Gasteiger partial charge in [0.15, 0.2) is 0 Å². The van der Waals surface area contributed by atoms with Crippen LogP contribution in [0.2, 0.25) is 0 Å². The number of aromatic amines is 1. The van der Waals surface area contributed by atoms with Gasteiger partial charge in [-0.15, -0.1) is 0 Å². The van der Waals surface area contributed by atoms with Crippen LogP contribution < -0.4 is 0 Å². The maximum atomic E-state index is 12.7. The zero-order chi connectivity index (χ0) is 14.1. The average molecular weight is 272 g/mol. The number of benzene rings is 1. The number of hydrogen-bond donors (Lipinski definition) is 1. The summed E-state index contributed by atoms with van der Waals surface area (Å²) in [5.74, 6) is -0.458. The van der Waals surface area contributed by atoms with Crippen LogP contribution >= 0.6 is 0 Å². The molecule has 1 aliphatic heterocycles. The van der Waals surface area contributed by atoms with E-state index in [0.29, 0.717) is 18.5 Å². The highest BCUT2D eigenvalue weighted by Crippen LogP contribution is 2.24. The van der Waals surface area contributed by atoms with Crippen molar-refractivity contribution in [3.05, 3.63) is 36.0 Å². The van der Waals surface area contributed by atoms with Gasteiger partial charge in [0.1, 0.15) is 6.04 Å². The molecule has 0 bridgehead atoms. The van der Waals surface area contributed by atoms with Crippen LogP contribution in [0.15, 0.2) is 30.5 Å². The molecule has 1 amide bonds. The van der Waals surface area contributed by atoms with Gasteiger partial charge in [-0.3, -0.25) is 4.79 Å². The molecule has 1 aromatic heterocycles. The molecule has 1 unspecified atom stereocenters. The van der Waals surface area contributed by atoms with Crippen molar-refractivity contribution in [1.82, 2.24) is 9.88 Å². The second kappa shape index (κ2) is 5.00. The summed E-state index contributed by atoms with van der Waals surface area (Å²) in [5.41, 5.74) is 1.41. The highest BCUT2D eigenvalue weighted by atomic mass is 16.5. The van der Waals surface area contributed by atoms with Crippen LogP contribution in [0, 0.1) is 0 Å². The number of hydrogen-bond acceptors (Lipinski definition) is 3. The van der Waals surface area contributed by atoms with E-state index >= 15 is 0 Å². The third kappa shape index (κ3) is 1.95. The van der Waals surface area contributed by atoms with Crippen molar-refractivity contribution >= 4 is 22.8 Å². The topological polar surface area (TPSA) is 62.4 Å². The van der Waals surface area contributed by atoms with Crippen LogP contribution in [-0.2, 0) is 9.53 Å². The fourth-order valence-corrected chi connectivity index (χ4v) is 2.81. The van der Waals surface area contributed by atoms with Gasteiger partial charge >= 0.3 is 5.97 Å². The summed E-state index contributed by atoms with van der Waals surface area (Å²) < 4.78 is 4.78. The number of rotatable bonds is 2. The number of likely N-dealkylation sites (tertiary alicyclic amines) is 1. The number of fused-ring (bicyclic) bond motifs is 1. The number of H-pyrrole nitrogens is 1. The van der Waals surface area contributed by atoms with Crippen LogP contribution in [0.5, 0.6) is 0 Å². The quantitative estimate of drug-likeness (QED) is 0.850. The third-order valence-electron chi connectivity index (χ3n) is 3.80. The first-order valence-electron chi connectivity index (χ1n) is 6.67. The lowest BCUT2D eigenvalue weighted by molar-refractivity contribution is -0.145. The molecule has 2 heterocycles. The van der Waals surface area contributed by atoms with Crippen LogP contribution in [-0.4, -0.2) is 41.5 Å². The summed E-state index contributed by atoms with van der Waals surface area (Å²) in [6, 6.07) is 7.05. The minimum absolute atomic E-state index is 0.119. The number of carbonyl (C=O) groups is 2. The first-order valence-corrected chi connectivity index (χ1v) is 6.67. The van der Waals surface area contributed by atoms with Gasteiger partial charge in [-0.25, -0.2) is 4.79 Å². The Balaban J connectivity index is 1.96. The van der Waals surface area contributed by atoms with E-state index in [9.17, 15) is 9.59 Å². The number of methoxy groups -OCH3 is 1. The second-order valence-corrected chi connectivity index (χ2v) is 4.93. The maximum absolute atomic E-state index is 12.7. The number of amides is 1. The third-order valence-corrected chi connectivity index (χ3v) is 3.80. The Morgan fingerprint density at radius 2 is 2.20 bits per heavy atom. The Hall–Kier alpha value is -2.30. The lowest BCUT2D eigenvalue weighted by atomic mass is 10.1. The van der Waals surface area contributed by atoms with Crippen molar-refractivity contribution in [1.29, 1.82) is 0 Å². The van der Waals surface area contributed by atoms with Gasteiger partial charge in [0.2, 0.25) is 0 Å². The van der Waals surface area contributed by atoms with E-state index in [4.69, 9.17) is 4.74 Å². The molecule has 1 fully saturated rings. The van der Waals surface area contributed by atoms with E-state index in [1.165, 1.54) is 7.11 Å². The van der Waals surface area contributed by atoms with Crippen LogP contribution in [0.4, 0.5) is 0 Å². The smallest absolute Gasteiger partial charge is 0.328 e. The zero-order valence-electron chi connectivity index (χ0n) is 11.3. The summed E-state index contributed by atoms with van der Waals surface area (Å²) in [4.78, 5) is 29.1. The molecule has 2 aromatic rings. The van der Waals surface area contributed by atoms with Crippen LogP contribution in [0.1, 0.15) is 23.2 Å². The Morgan fingerprint density at radius 1 is 1.35 bits per heavy atom. The summed E-state index contributed by atoms with van der Waals surface area (Å²) in [7, 11) is 1.36. The van der Waals surface area contributed by atoms with Crippen molar-refractivity contribution < 1.29 is 14.3 Å². The minimum Gasteiger partial charge on any atom is -0.467 e. The molecule has 5 heteroatoms. The number of para-hydroxylation sites is 1. The fraction of sp³-hybridized carbons (Fsp3) is 0.333. The molecule has 1 N–H and O–H groups in total. The lowest BCUT2D eigenvalue weighted by Gasteiger charge is -2.22. The fourth-order valence-electron chi connectivity index (χ4n) is 2.81. The van der Waals surface area contributed by atoms with Gasteiger partial charge in [0.05, 0.1) is 18.2 Å². The first kappa shape index (κ1) is 12.7. The highest BCUT2D eigenvalue weighted by Gasteiger charge is 2.35. The molecule has 1 saturated heterocycles. The van der Waals surface area contributed by atoms with E-state index in [2.05, 4.69) is 4.98 Å². The largest absolute Gasteiger partial charge is 0.467 e. The number of aromatic nitrogens is 1. The molecular formula is C15H16N2O3. The monoisotopic (exact) mass is 272 g/mol. The second-order valence-electron chi connectivity index (χ2n) is 4.93. The van der Waals surface area contributed by atoms with Gasteiger partial charge in [0, 0.05) is 18.1 Å². The normalized spacial score (nSPS) is 18.4. The number of ether oxygens (including phenoxy) is 1. The molecule has 0 aliphatic carbocycles. The standard InChI is InChI=1S/C15H16N2O3/c1-20-15(19)12-6-3-9-17(12)14(18)11-5-2-4-10-7-8-16-13(10)11/h2,4-5,7-8,12,16H,3,6,9H2,1H3. The predicted octanol–water partition coefficient (Wildman–Crippen LogP) is 1.95. The highest BCUT2D eigenvalue weighted by molar-refractivity contribution is 6.06. The molecular weight excluding hydrogens is 256 g/mol. The molecule has 20 heavy (non-hydrogen) atoms. The Morgan fingerprint density at radius 3 is 3.00 bits per heavy atom. The molecule has 1 aromatic carbocycles. The van der Waals surface area contributed by atoms with Crippen molar-refractivity contribution in [3.63, 3.8) is 0 Å². The van der Waals surface area contributed by atoms with Crippen molar-refractivity contribution in [3.8, 4) is 0 Å². The van der Waals surface area contributed by atoms with E-state index < -0.39 is 6.04 Å². The summed E-state index contributed by atoms with van der Waals surface area (Å²) in [6.45, 7) is 0.593. The Bertz CT molecular complexity index is 662. The molecule has 0 saturated carbocycles. The lowest BCUT2D eigenvalue weighted by Crippen LogP contribution is -2.41. The SMILES string of the molecule is COC(=O)C1CCCN1C(=O)c1cccc2cc[nH]c12. The van der Waals surface area contributed by atoms with Gasteiger partial charge in [-0.1, -0.05) is 12.1 Å². The van der Waals surface area contributed by atoms with Crippen LogP contribution in [0.3, 0.4) is 0 Å².